The average Bonchev–Trinajstić information content (AvgIpc) is 3.46. The van der Waals surface area contributed by atoms with E-state index in [1.165, 1.54) is 6.42 Å². The van der Waals surface area contributed by atoms with Gasteiger partial charge < -0.3 is 15.5 Å². The van der Waals surface area contributed by atoms with E-state index in [1.807, 2.05) is 24.3 Å². The van der Waals surface area contributed by atoms with Gasteiger partial charge in [-0.05, 0) is 86.1 Å². The van der Waals surface area contributed by atoms with Gasteiger partial charge >= 0.3 is 0 Å². The summed E-state index contributed by atoms with van der Waals surface area (Å²) in [6.45, 7) is 7.78. The zero-order chi connectivity index (χ0) is 23.2. The van der Waals surface area contributed by atoms with E-state index in [0.717, 1.165) is 61.4 Å². The zero-order valence-electron chi connectivity index (χ0n) is 19.7. The van der Waals surface area contributed by atoms with Gasteiger partial charge in [0.2, 0.25) is 11.8 Å². The molecule has 4 aliphatic rings. The smallest absolute Gasteiger partial charge is 0.228 e. The summed E-state index contributed by atoms with van der Waals surface area (Å²) in [4.78, 5) is 29.5. The molecular weight excluding hydrogens is 478 g/mol. The Labute approximate surface area is 205 Å². The molecule has 178 valence electrons. The van der Waals surface area contributed by atoms with Crippen LogP contribution >= 0.6 is 15.9 Å². The number of carbonyl (C=O) groups is 2. The molecule has 4 atom stereocenters. The Kier molecular flexibility index (Phi) is 6.43. The number of piperidine rings is 1. The van der Waals surface area contributed by atoms with Gasteiger partial charge in [0, 0.05) is 29.3 Å². The second-order valence-corrected chi connectivity index (χ2v) is 11.9. The monoisotopic (exact) mass is 513 g/mol. The topological polar surface area (TPSA) is 61.4 Å². The quantitative estimate of drug-likeness (QED) is 0.512. The summed E-state index contributed by atoms with van der Waals surface area (Å²) in [5.74, 6) is 0.664. The number of amides is 2. The molecule has 33 heavy (non-hydrogen) atoms. The molecule has 5 rings (SSSR count). The van der Waals surface area contributed by atoms with Crippen LogP contribution in [0, 0.1) is 35.0 Å². The van der Waals surface area contributed by atoms with Gasteiger partial charge in [-0.2, -0.15) is 0 Å². The first-order valence-electron chi connectivity index (χ1n) is 12.6. The zero-order valence-corrected chi connectivity index (χ0v) is 21.3. The van der Waals surface area contributed by atoms with Gasteiger partial charge in [-0.3, -0.25) is 9.59 Å². The van der Waals surface area contributed by atoms with Crippen LogP contribution in [0.25, 0.3) is 0 Å². The average molecular weight is 515 g/mol. The van der Waals surface area contributed by atoms with Crippen LogP contribution in [0.15, 0.2) is 40.9 Å². The van der Waals surface area contributed by atoms with Crippen LogP contribution in [0.5, 0.6) is 0 Å². The molecule has 2 N–H and O–H groups in total. The first kappa shape index (κ1) is 23.1. The fourth-order valence-corrected chi connectivity index (χ4v) is 6.77. The summed E-state index contributed by atoms with van der Waals surface area (Å²) < 4.78 is 0.979. The number of likely N-dealkylation sites (tertiary alicyclic amines) is 1. The minimum atomic E-state index is -0.280. The maximum atomic E-state index is 13.6. The van der Waals surface area contributed by atoms with Gasteiger partial charge in [0.15, 0.2) is 0 Å². The lowest BCUT2D eigenvalue weighted by molar-refractivity contribution is -0.133. The Bertz CT molecular complexity index is 916. The van der Waals surface area contributed by atoms with Crippen LogP contribution in [-0.4, -0.2) is 42.4 Å². The highest BCUT2D eigenvalue weighted by molar-refractivity contribution is 9.10. The van der Waals surface area contributed by atoms with Crippen molar-refractivity contribution in [3.63, 3.8) is 0 Å². The van der Waals surface area contributed by atoms with Crippen molar-refractivity contribution in [1.82, 2.24) is 10.2 Å². The first-order valence-corrected chi connectivity index (χ1v) is 13.4. The number of rotatable bonds is 7. The van der Waals surface area contributed by atoms with Crippen molar-refractivity contribution in [2.45, 2.75) is 52.0 Å². The maximum Gasteiger partial charge on any atom is 0.228 e. The molecule has 1 saturated heterocycles. The molecule has 5 nitrogen and oxygen atoms in total. The molecule has 2 saturated carbocycles. The highest BCUT2D eigenvalue weighted by atomic mass is 79.9. The molecule has 2 bridgehead atoms. The fourth-order valence-electron chi connectivity index (χ4n) is 6.51. The van der Waals surface area contributed by atoms with Crippen LogP contribution in [-0.2, 0) is 9.59 Å². The molecule has 0 radical (unpaired) electrons. The Morgan fingerprint density at radius 1 is 1.03 bits per heavy atom. The van der Waals surface area contributed by atoms with Gasteiger partial charge in [0.25, 0.3) is 0 Å². The third-order valence-corrected chi connectivity index (χ3v) is 9.04. The molecule has 0 unspecified atom stereocenters. The Balaban J connectivity index is 1.24. The van der Waals surface area contributed by atoms with Crippen molar-refractivity contribution in [2.75, 3.05) is 25.0 Å². The molecular formula is C27H36BrN3O2. The standard InChI is InChI=1S/C27H36BrN3O2/c1-17(2)9-14-31-15-10-20(11-16-31)30-26(33)24-22-8-7-21(27(22)12-13-27)23(24)25(32)29-19-5-3-18(28)4-6-19/h3-8,17,20-24H,9-16H2,1-2H3,(H,29,32)(H,30,33)/t21-,22+,23+,24+/m0/s1. The second kappa shape index (κ2) is 9.18. The maximum absolute atomic E-state index is 13.6. The van der Waals surface area contributed by atoms with E-state index in [1.54, 1.807) is 0 Å². The number of nitrogens with one attached hydrogen (secondary N) is 2. The lowest BCUT2D eigenvalue weighted by Crippen LogP contribution is -2.49. The van der Waals surface area contributed by atoms with Crippen molar-refractivity contribution >= 4 is 33.4 Å². The first-order chi connectivity index (χ1) is 15.9. The number of allylic oxidation sites excluding steroid dienone is 2. The van der Waals surface area contributed by atoms with E-state index >= 15 is 0 Å². The summed E-state index contributed by atoms with van der Waals surface area (Å²) in [6, 6.07) is 7.88. The second-order valence-electron chi connectivity index (χ2n) is 11.0. The van der Waals surface area contributed by atoms with Crippen LogP contribution < -0.4 is 10.6 Å². The Morgan fingerprint density at radius 3 is 2.21 bits per heavy atom. The number of nitrogens with zero attached hydrogens (tertiary/aromatic N) is 1. The highest BCUT2D eigenvalue weighted by Crippen LogP contribution is 2.72. The lowest BCUT2D eigenvalue weighted by Gasteiger charge is -2.34. The molecule has 1 heterocycles. The molecule has 2 amide bonds. The Hall–Kier alpha value is -1.66. The molecule has 6 heteroatoms. The number of halogens is 1. The van der Waals surface area contributed by atoms with Crippen molar-refractivity contribution in [1.29, 1.82) is 0 Å². The van der Waals surface area contributed by atoms with Gasteiger partial charge in [0.1, 0.15) is 0 Å². The van der Waals surface area contributed by atoms with Gasteiger partial charge in [-0.1, -0.05) is 41.9 Å². The van der Waals surface area contributed by atoms with E-state index in [-0.39, 0.29) is 46.9 Å². The third-order valence-electron chi connectivity index (χ3n) is 8.52. The third kappa shape index (κ3) is 4.53. The molecule has 1 spiro atoms. The van der Waals surface area contributed by atoms with Gasteiger partial charge in [-0.25, -0.2) is 0 Å². The van der Waals surface area contributed by atoms with E-state index in [0.29, 0.717) is 0 Å². The minimum Gasteiger partial charge on any atom is -0.353 e. The largest absolute Gasteiger partial charge is 0.353 e. The summed E-state index contributed by atoms with van der Waals surface area (Å²) in [7, 11) is 0. The number of hydrogen-bond donors (Lipinski definition) is 2. The van der Waals surface area contributed by atoms with Gasteiger partial charge in [0.05, 0.1) is 11.8 Å². The van der Waals surface area contributed by atoms with Crippen molar-refractivity contribution < 1.29 is 9.59 Å². The molecule has 1 aromatic carbocycles. The predicted molar refractivity (Wildman–Crippen MR) is 135 cm³/mol. The van der Waals surface area contributed by atoms with Crippen LogP contribution in [0.3, 0.4) is 0 Å². The summed E-state index contributed by atoms with van der Waals surface area (Å²) in [6.07, 6.45) is 9.96. The van der Waals surface area contributed by atoms with E-state index in [2.05, 4.69) is 57.5 Å². The molecule has 0 aromatic heterocycles. The molecule has 3 fully saturated rings. The molecule has 1 aromatic rings. The van der Waals surface area contributed by atoms with Crippen molar-refractivity contribution in [2.24, 2.45) is 35.0 Å². The number of carbonyl (C=O) groups excluding carboxylic acids is 2. The number of benzene rings is 1. The molecule has 1 aliphatic heterocycles. The fraction of sp³-hybridized carbons (Fsp3) is 0.630. The SMILES string of the molecule is CC(C)CCN1CCC(NC(=O)[C@H]2[C@H](C(=O)Nc3ccc(Br)cc3)[C@@H]3C=C[C@H]2C32CC2)CC1. The summed E-state index contributed by atoms with van der Waals surface area (Å²) in [5, 5.41) is 6.47. The van der Waals surface area contributed by atoms with E-state index in [4.69, 9.17) is 0 Å². The predicted octanol–water partition coefficient (Wildman–Crippen LogP) is 4.84. The van der Waals surface area contributed by atoms with E-state index in [9.17, 15) is 9.59 Å². The van der Waals surface area contributed by atoms with Gasteiger partial charge in [-0.15, -0.1) is 0 Å². The summed E-state index contributed by atoms with van der Waals surface area (Å²) in [5.41, 5.74) is 0.942. The van der Waals surface area contributed by atoms with Crippen LogP contribution in [0.1, 0.15) is 46.0 Å². The Morgan fingerprint density at radius 2 is 1.64 bits per heavy atom. The van der Waals surface area contributed by atoms with Crippen molar-refractivity contribution in [3.8, 4) is 0 Å². The van der Waals surface area contributed by atoms with Crippen LogP contribution in [0.2, 0.25) is 0 Å². The summed E-state index contributed by atoms with van der Waals surface area (Å²) >= 11 is 3.44. The minimum absolute atomic E-state index is 0.0101. The van der Waals surface area contributed by atoms with Crippen molar-refractivity contribution in [3.05, 3.63) is 40.9 Å². The number of hydrogen-bond acceptors (Lipinski definition) is 3. The normalized spacial score (nSPS) is 30.2. The van der Waals surface area contributed by atoms with E-state index < -0.39 is 0 Å². The van der Waals surface area contributed by atoms with Crippen LogP contribution in [0.4, 0.5) is 5.69 Å². The lowest BCUT2D eigenvalue weighted by atomic mass is 9.81. The molecule has 3 aliphatic carbocycles. The number of anilines is 1. The highest BCUT2D eigenvalue weighted by Gasteiger charge is 2.69.